The molecule has 69 valence electrons. The van der Waals surface area contributed by atoms with Gasteiger partial charge in [-0.25, -0.2) is 0 Å². The van der Waals surface area contributed by atoms with Crippen molar-refractivity contribution < 1.29 is 4.79 Å². The van der Waals surface area contributed by atoms with E-state index < -0.39 is 0 Å². The zero-order valence-corrected chi connectivity index (χ0v) is 9.36. The molecule has 14 heavy (non-hydrogen) atoms. The third-order valence-corrected chi connectivity index (χ3v) is 2.78. The van der Waals surface area contributed by atoms with Crippen LogP contribution in [0.1, 0.15) is 15.9 Å². The molecular formula is C11H8NOSe. The van der Waals surface area contributed by atoms with E-state index >= 15 is 0 Å². The van der Waals surface area contributed by atoms with Gasteiger partial charge in [-0.15, -0.1) is 0 Å². The van der Waals surface area contributed by atoms with Crippen molar-refractivity contribution in [2.24, 2.45) is 0 Å². The van der Waals surface area contributed by atoms with E-state index in [4.69, 9.17) is 0 Å². The summed E-state index contributed by atoms with van der Waals surface area (Å²) in [5.41, 5.74) is 2.70. The van der Waals surface area contributed by atoms with E-state index in [0.29, 0.717) is 10.2 Å². The Bertz CT molecular complexity index is 508. The van der Waals surface area contributed by atoms with E-state index in [2.05, 4.69) is 21.0 Å². The molecule has 1 radical (unpaired) electrons. The first-order valence-electron chi connectivity index (χ1n) is 4.24. The van der Waals surface area contributed by atoms with Crippen LogP contribution in [-0.4, -0.2) is 27.3 Å². The zero-order chi connectivity index (χ0) is 10.1. The Labute approximate surface area is 90.2 Å². The second-order valence-electron chi connectivity index (χ2n) is 3.20. The number of aryl methyl sites for hydroxylation is 1. The van der Waals surface area contributed by atoms with Gasteiger partial charge in [0.25, 0.3) is 0 Å². The molecule has 2 aromatic rings. The Morgan fingerprint density at radius 1 is 1.36 bits per heavy atom. The molecule has 0 saturated heterocycles. The molecule has 0 N–H and O–H groups in total. The molecule has 1 aromatic heterocycles. The van der Waals surface area contributed by atoms with Crippen LogP contribution < -0.4 is 4.59 Å². The number of hydrogen-bond donors (Lipinski definition) is 0. The molecule has 3 heteroatoms. The average Bonchev–Trinajstić information content (AvgIpc) is 2.16. The Kier molecular flexibility index (Phi) is 2.36. The molecule has 0 atom stereocenters. The first-order valence-corrected chi connectivity index (χ1v) is 5.10. The van der Waals surface area contributed by atoms with Gasteiger partial charge in [0.15, 0.2) is 0 Å². The molecule has 0 amide bonds. The molecule has 0 aliphatic carbocycles. The topological polar surface area (TPSA) is 30.0 Å². The molecular weight excluding hydrogens is 241 g/mol. The fraction of sp³-hybridized carbons (Fsp3) is 0.0909. The van der Waals surface area contributed by atoms with Gasteiger partial charge in [-0.2, -0.15) is 0 Å². The van der Waals surface area contributed by atoms with Crippen molar-refractivity contribution in [2.45, 2.75) is 6.92 Å². The second-order valence-corrected chi connectivity index (χ2v) is 4.01. The third kappa shape index (κ3) is 1.56. The molecule has 0 spiro atoms. The van der Waals surface area contributed by atoms with Crippen molar-refractivity contribution in [3.05, 3.63) is 35.4 Å². The normalized spacial score (nSPS) is 10.4. The van der Waals surface area contributed by atoms with Crippen molar-refractivity contribution in [3.8, 4) is 0 Å². The molecule has 1 aromatic carbocycles. The number of aldehydes is 1. The molecule has 2 nitrogen and oxygen atoms in total. The Morgan fingerprint density at radius 2 is 2.14 bits per heavy atom. The quantitative estimate of drug-likeness (QED) is 0.560. The van der Waals surface area contributed by atoms with Crippen LogP contribution in [0.5, 0.6) is 0 Å². The van der Waals surface area contributed by atoms with Gasteiger partial charge >= 0.3 is 89.9 Å². The van der Waals surface area contributed by atoms with Gasteiger partial charge in [0.2, 0.25) is 0 Å². The Balaban J connectivity index is 2.79. The summed E-state index contributed by atoms with van der Waals surface area (Å²) in [4.78, 5) is 15.0. The van der Waals surface area contributed by atoms with Crippen molar-refractivity contribution in [1.29, 1.82) is 0 Å². The van der Waals surface area contributed by atoms with Crippen molar-refractivity contribution >= 4 is 37.8 Å². The maximum absolute atomic E-state index is 10.7. The van der Waals surface area contributed by atoms with E-state index in [0.717, 1.165) is 17.2 Å². The van der Waals surface area contributed by atoms with Gasteiger partial charge in [0.05, 0.1) is 0 Å². The van der Waals surface area contributed by atoms with Crippen LogP contribution in [0.3, 0.4) is 0 Å². The Morgan fingerprint density at radius 3 is 2.86 bits per heavy atom. The minimum atomic E-state index is 0.612. The van der Waals surface area contributed by atoms with E-state index in [1.54, 1.807) is 0 Å². The number of carbonyl (C=O) groups excluding carboxylic acids is 1. The number of aromatic nitrogens is 1. The fourth-order valence-electron chi connectivity index (χ4n) is 1.36. The van der Waals surface area contributed by atoms with Crippen LogP contribution in [0.25, 0.3) is 10.9 Å². The first kappa shape index (κ1) is 9.38. The number of carbonyl (C=O) groups is 1. The number of benzene rings is 1. The van der Waals surface area contributed by atoms with E-state index in [-0.39, 0.29) is 0 Å². The summed E-state index contributed by atoms with van der Waals surface area (Å²) in [5.74, 6) is 0. The van der Waals surface area contributed by atoms with Crippen LogP contribution in [-0.2, 0) is 0 Å². The predicted molar refractivity (Wildman–Crippen MR) is 57.3 cm³/mol. The maximum atomic E-state index is 10.7. The molecule has 0 unspecified atom stereocenters. The van der Waals surface area contributed by atoms with E-state index in [1.165, 1.54) is 5.56 Å². The van der Waals surface area contributed by atoms with Crippen molar-refractivity contribution in [2.75, 3.05) is 0 Å². The SMILES string of the molecule is Cc1ccc2cc(C=O)c([Se])nc2c1. The molecule has 0 saturated carbocycles. The summed E-state index contributed by atoms with van der Waals surface area (Å²) < 4.78 is 0.665. The first-order chi connectivity index (χ1) is 6.70. The van der Waals surface area contributed by atoms with Gasteiger partial charge in [0, 0.05) is 0 Å². The van der Waals surface area contributed by atoms with Crippen LogP contribution in [0, 0.1) is 6.92 Å². The van der Waals surface area contributed by atoms with Crippen molar-refractivity contribution in [1.82, 2.24) is 4.98 Å². The number of fused-ring (bicyclic) bond motifs is 1. The van der Waals surface area contributed by atoms with Crippen LogP contribution in [0.4, 0.5) is 0 Å². The molecule has 0 aliphatic rings. The summed E-state index contributed by atoms with van der Waals surface area (Å²) in [6.45, 7) is 2.02. The Hall–Kier alpha value is -1.18. The van der Waals surface area contributed by atoms with Crippen LogP contribution in [0.2, 0.25) is 0 Å². The van der Waals surface area contributed by atoms with Gasteiger partial charge < -0.3 is 0 Å². The fourth-order valence-corrected chi connectivity index (χ4v) is 1.79. The van der Waals surface area contributed by atoms with E-state index in [1.807, 2.05) is 31.2 Å². The number of rotatable bonds is 1. The standard InChI is InChI=1S/C11H8NOSe/c1-7-2-3-8-5-9(6-13)11(14)12-10(8)4-7/h2-6H,1H3. The zero-order valence-electron chi connectivity index (χ0n) is 7.65. The van der Waals surface area contributed by atoms with E-state index in [9.17, 15) is 4.79 Å². The summed E-state index contributed by atoms with van der Waals surface area (Å²) in [6, 6.07) is 7.84. The second kappa shape index (κ2) is 3.52. The molecule has 0 aliphatic heterocycles. The van der Waals surface area contributed by atoms with Crippen molar-refractivity contribution in [3.63, 3.8) is 0 Å². The molecule has 0 bridgehead atoms. The molecule has 0 fully saturated rings. The summed E-state index contributed by atoms with van der Waals surface area (Å²) in [6.07, 6.45) is 0.818. The average molecular weight is 249 g/mol. The van der Waals surface area contributed by atoms with Crippen LogP contribution >= 0.6 is 0 Å². The summed E-state index contributed by atoms with van der Waals surface area (Å²) >= 11 is 2.79. The van der Waals surface area contributed by atoms with Gasteiger partial charge in [-0.3, -0.25) is 0 Å². The van der Waals surface area contributed by atoms with Gasteiger partial charge in [-0.05, 0) is 0 Å². The predicted octanol–water partition coefficient (Wildman–Crippen LogP) is 1.15. The number of hydrogen-bond acceptors (Lipinski definition) is 2. The monoisotopic (exact) mass is 250 g/mol. The van der Waals surface area contributed by atoms with Crippen LogP contribution in [0.15, 0.2) is 24.3 Å². The van der Waals surface area contributed by atoms with Gasteiger partial charge in [0.1, 0.15) is 0 Å². The number of pyridine rings is 1. The minimum absolute atomic E-state index is 0.612. The molecule has 1 heterocycles. The molecule has 2 rings (SSSR count). The summed E-state index contributed by atoms with van der Waals surface area (Å²) in [5, 5.41) is 0.997. The number of nitrogens with zero attached hydrogens (tertiary/aromatic N) is 1. The summed E-state index contributed by atoms with van der Waals surface area (Å²) in [7, 11) is 0. The van der Waals surface area contributed by atoms with Gasteiger partial charge in [-0.1, -0.05) is 0 Å². The third-order valence-electron chi connectivity index (χ3n) is 2.09.